The third-order valence-electron chi connectivity index (χ3n) is 5.46. The Labute approximate surface area is 186 Å². The molecule has 0 spiro atoms. The van der Waals surface area contributed by atoms with Crippen LogP contribution < -0.4 is 14.8 Å². The number of H-pyrrole nitrogens is 1. The molecule has 1 aromatic carbocycles. The van der Waals surface area contributed by atoms with Crippen LogP contribution in [0, 0.1) is 0 Å². The van der Waals surface area contributed by atoms with Crippen molar-refractivity contribution in [1.29, 1.82) is 0 Å². The van der Waals surface area contributed by atoms with E-state index < -0.39 is 13.7 Å². The molecule has 3 rings (SSSR count). The van der Waals surface area contributed by atoms with Crippen molar-refractivity contribution in [3.05, 3.63) is 17.7 Å². The number of carbonyl (C=O) groups is 1. The van der Waals surface area contributed by atoms with Gasteiger partial charge in [-0.2, -0.15) is 0 Å². The molecule has 0 saturated carbocycles. The molecule has 1 saturated heterocycles. The maximum absolute atomic E-state index is 12.9. The van der Waals surface area contributed by atoms with Crippen molar-refractivity contribution >= 4 is 30.4 Å². The highest BCUT2D eigenvalue weighted by atomic mass is 28.3. The molecule has 1 atom stereocenters. The predicted octanol–water partition coefficient (Wildman–Crippen LogP) is 3.91. The van der Waals surface area contributed by atoms with Crippen molar-refractivity contribution in [1.82, 2.24) is 9.88 Å². The second-order valence-electron chi connectivity index (χ2n) is 10.1. The molecule has 1 aliphatic heterocycles. The van der Waals surface area contributed by atoms with Crippen molar-refractivity contribution in [3.8, 4) is 11.5 Å². The first-order chi connectivity index (χ1) is 14.4. The van der Waals surface area contributed by atoms with Crippen LogP contribution in [0.3, 0.4) is 0 Å². The normalized spacial score (nSPS) is 17.7. The van der Waals surface area contributed by atoms with Gasteiger partial charge in [-0.25, -0.2) is 4.79 Å². The van der Waals surface area contributed by atoms with E-state index in [2.05, 4.69) is 24.6 Å². The minimum absolute atomic E-state index is 0.0919. The molecule has 0 unspecified atom stereocenters. The van der Waals surface area contributed by atoms with Crippen LogP contribution in [0.15, 0.2) is 12.1 Å². The highest BCUT2D eigenvalue weighted by Crippen LogP contribution is 2.34. The van der Waals surface area contributed by atoms with Gasteiger partial charge in [-0.3, -0.25) is 0 Å². The summed E-state index contributed by atoms with van der Waals surface area (Å²) in [6.45, 7) is 14.2. The molecule has 7 nitrogen and oxygen atoms in total. The number of nitrogens with zero attached hydrogens (tertiary/aromatic N) is 1. The molecule has 0 aliphatic carbocycles. The first-order valence-corrected chi connectivity index (χ1v) is 14.3. The topological polar surface area (TPSA) is 73.0 Å². The lowest BCUT2D eigenvalue weighted by atomic mass is 10.0. The molecule has 2 aromatic rings. The van der Waals surface area contributed by atoms with Crippen molar-refractivity contribution in [2.45, 2.75) is 58.5 Å². The van der Waals surface area contributed by atoms with Crippen LogP contribution in [0.5, 0.6) is 11.5 Å². The van der Waals surface area contributed by atoms with Gasteiger partial charge >= 0.3 is 6.09 Å². The maximum atomic E-state index is 12.9. The predicted molar refractivity (Wildman–Crippen MR) is 126 cm³/mol. The largest absolute Gasteiger partial charge is 0.493 e. The lowest BCUT2D eigenvalue weighted by Crippen LogP contribution is -2.52. The second-order valence-corrected chi connectivity index (χ2v) is 15.1. The first kappa shape index (κ1) is 23.5. The van der Waals surface area contributed by atoms with Gasteiger partial charge in [-0.05, 0) is 38.8 Å². The molecule has 0 bridgehead atoms. The molecule has 0 radical (unpaired) electrons. The van der Waals surface area contributed by atoms with Crippen LogP contribution in [0.2, 0.25) is 19.6 Å². The number of hydrogen-bond donors (Lipinski definition) is 1. The van der Waals surface area contributed by atoms with E-state index in [1.807, 2.05) is 37.8 Å². The van der Waals surface area contributed by atoms with E-state index in [4.69, 9.17) is 18.9 Å². The number of fused-ring (bicyclic) bond motifs is 1. The molecule has 1 N–H and O–H groups in total. The van der Waals surface area contributed by atoms with E-state index in [1.54, 1.807) is 14.2 Å². The molecule has 1 amide bonds. The van der Waals surface area contributed by atoms with E-state index in [1.165, 1.54) is 10.9 Å². The van der Waals surface area contributed by atoms with Gasteiger partial charge in [0, 0.05) is 28.8 Å². The third-order valence-corrected chi connectivity index (χ3v) is 7.38. The van der Waals surface area contributed by atoms with Crippen molar-refractivity contribution in [2.75, 3.05) is 34.0 Å². The Bertz CT molecular complexity index is 942. The summed E-state index contributed by atoms with van der Waals surface area (Å²) in [5, 5.41) is 2.37. The molecule has 172 valence electrons. The van der Waals surface area contributed by atoms with Crippen LogP contribution in [-0.4, -0.2) is 69.7 Å². The summed E-state index contributed by atoms with van der Waals surface area (Å²) in [4.78, 5) is 18.4. The van der Waals surface area contributed by atoms with Gasteiger partial charge in [0.05, 0.1) is 41.5 Å². The van der Waals surface area contributed by atoms with E-state index in [0.29, 0.717) is 37.7 Å². The van der Waals surface area contributed by atoms with E-state index in [9.17, 15) is 4.79 Å². The van der Waals surface area contributed by atoms with Gasteiger partial charge in [0.25, 0.3) is 0 Å². The zero-order valence-corrected chi connectivity index (χ0v) is 21.0. The lowest BCUT2D eigenvalue weighted by molar-refractivity contribution is -0.0318. The van der Waals surface area contributed by atoms with Crippen LogP contribution in [0.25, 0.3) is 10.9 Å². The molecular weight excluding hydrogens is 412 g/mol. The Morgan fingerprint density at radius 1 is 1.19 bits per heavy atom. The fourth-order valence-electron chi connectivity index (χ4n) is 4.05. The number of methoxy groups -OCH3 is 2. The SMILES string of the molecule is COc1cc2[nH]c([Si](C)(C)C)c(C[C@H]3COCCN3C(=O)OC(C)(C)C)c2cc1OC. The smallest absolute Gasteiger partial charge is 0.410 e. The molecule has 2 heterocycles. The van der Waals surface area contributed by atoms with Crippen molar-refractivity contribution in [2.24, 2.45) is 0 Å². The molecule has 31 heavy (non-hydrogen) atoms. The average molecular weight is 449 g/mol. The first-order valence-electron chi connectivity index (χ1n) is 10.8. The molecule has 8 heteroatoms. The molecule has 1 aliphatic rings. The summed E-state index contributed by atoms with van der Waals surface area (Å²) >= 11 is 0. The number of aromatic amines is 1. The Hall–Kier alpha value is -2.19. The number of aromatic nitrogens is 1. The Morgan fingerprint density at radius 3 is 2.42 bits per heavy atom. The highest BCUT2D eigenvalue weighted by Gasteiger charge is 2.34. The molecule has 1 aromatic heterocycles. The van der Waals surface area contributed by atoms with Gasteiger partial charge in [-0.15, -0.1) is 0 Å². The number of carbonyl (C=O) groups excluding carboxylic acids is 1. The quantitative estimate of drug-likeness (QED) is 0.702. The number of hydrogen-bond acceptors (Lipinski definition) is 5. The Morgan fingerprint density at radius 2 is 1.84 bits per heavy atom. The van der Waals surface area contributed by atoms with Gasteiger partial charge < -0.3 is 28.8 Å². The number of ether oxygens (including phenoxy) is 4. The zero-order valence-electron chi connectivity index (χ0n) is 20.0. The minimum Gasteiger partial charge on any atom is -0.493 e. The zero-order chi connectivity index (χ0) is 23.0. The Kier molecular flexibility index (Phi) is 6.62. The number of amides is 1. The van der Waals surface area contributed by atoms with Crippen LogP contribution in [0.1, 0.15) is 26.3 Å². The number of morpholine rings is 1. The van der Waals surface area contributed by atoms with E-state index >= 15 is 0 Å². The van der Waals surface area contributed by atoms with Crippen LogP contribution in [-0.2, 0) is 15.9 Å². The van der Waals surface area contributed by atoms with Gasteiger partial charge in [0.2, 0.25) is 0 Å². The molecule has 1 fully saturated rings. The van der Waals surface area contributed by atoms with Crippen molar-refractivity contribution < 1.29 is 23.7 Å². The van der Waals surface area contributed by atoms with Gasteiger partial charge in [0.15, 0.2) is 11.5 Å². The number of benzene rings is 1. The summed E-state index contributed by atoms with van der Waals surface area (Å²) in [5.74, 6) is 1.39. The Balaban J connectivity index is 2.04. The number of nitrogens with one attached hydrogen (secondary N) is 1. The monoisotopic (exact) mass is 448 g/mol. The summed E-state index contributed by atoms with van der Waals surface area (Å²) in [6.07, 6.45) is 0.406. The fraction of sp³-hybridized carbons (Fsp3) is 0.609. The lowest BCUT2D eigenvalue weighted by Gasteiger charge is -2.37. The minimum atomic E-state index is -1.70. The van der Waals surface area contributed by atoms with Crippen LogP contribution in [0.4, 0.5) is 4.79 Å². The summed E-state index contributed by atoms with van der Waals surface area (Å²) in [5.41, 5.74) is 1.71. The van der Waals surface area contributed by atoms with E-state index in [0.717, 1.165) is 10.9 Å². The standard InChI is InChI=1S/C23H36N2O5Si/c1-23(2,3)30-22(26)25-9-10-29-14-15(25)11-17-16-12-19(27-4)20(28-5)13-18(16)24-21(17)31(6,7)8/h12-13,15,24H,9-11,14H2,1-8H3/t15-/m0/s1. The summed E-state index contributed by atoms with van der Waals surface area (Å²) in [6, 6.07) is 3.93. The second kappa shape index (κ2) is 8.74. The summed E-state index contributed by atoms with van der Waals surface area (Å²) in [7, 11) is 1.59. The number of rotatable bonds is 5. The summed E-state index contributed by atoms with van der Waals surface area (Å²) < 4.78 is 22.5. The third kappa shape index (κ3) is 5.18. The van der Waals surface area contributed by atoms with Gasteiger partial charge in [-0.1, -0.05) is 19.6 Å². The average Bonchev–Trinajstić information content (AvgIpc) is 3.03. The van der Waals surface area contributed by atoms with Gasteiger partial charge in [0.1, 0.15) is 5.60 Å². The fourth-order valence-corrected chi connectivity index (χ4v) is 5.70. The van der Waals surface area contributed by atoms with Crippen molar-refractivity contribution in [3.63, 3.8) is 0 Å². The van der Waals surface area contributed by atoms with E-state index in [-0.39, 0.29) is 12.1 Å². The molecular formula is C23H36N2O5Si. The maximum Gasteiger partial charge on any atom is 0.410 e. The van der Waals surface area contributed by atoms with Crippen LogP contribution >= 0.6 is 0 Å². The highest BCUT2D eigenvalue weighted by molar-refractivity contribution is 6.88.